The van der Waals surface area contributed by atoms with Gasteiger partial charge in [-0.25, -0.2) is 0 Å². The highest BCUT2D eigenvalue weighted by atomic mass is 16.5. The third-order valence-corrected chi connectivity index (χ3v) is 4.15. The smallest absolute Gasteiger partial charge is 0.0702 e. The summed E-state index contributed by atoms with van der Waals surface area (Å²) in [4.78, 5) is 2.53. The van der Waals surface area contributed by atoms with Crippen LogP contribution < -0.4 is 5.32 Å². The number of ether oxygens (including phenoxy) is 1. The van der Waals surface area contributed by atoms with Gasteiger partial charge in [0.2, 0.25) is 0 Å². The Kier molecular flexibility index (Phi) is 5.75. The van der Waals surface area contributed by atoms with Crippen LogP contribution in [0.25, 0.3) is 0 Å². The standard InChI is InChI=1S/C14H28N2O/c1-2-16(12-14-8-5-11-17-14)10-9-15-13-6-3-4-7-13/h13-15H,2-12H2,1H3. The van der Waals surface area contributed by atoms with Crippen LogP contribution in [-0.2, 0) is 4.74 Å². The Morgan fingerprint density at radius 1 is 1.18 bits per heavy atom. The predicted octanol–water partition coefficient (Wildman–Crippen LogP) is 2.02. The van der Waals surface area contributed by atoms with Crippen molar-refractivity contribution in [3.05, 3.63) is 0 Å². The van der Waals surface area contributed by atoms with Gasteiger partial charge in [-0.15, -0.1) is 0 Å². The molecule has 100 valence electrons. The maximum absolute atomic E-state index is 5.70. The molecule has 1 aliphatic heterocycles. The summed E-state index contributed by atoms with van der Waals surface area (Å²) in [6, 6.07) is 0.802. The van der Waals surface area contributed by atoms with Crippen LogP contribution in [-0.4, -0.2) is 49.8 Å². The zero-order valence-electron chi connectivity index (χ0n) is 11.3. The molecular weight excluding hydrogens is 212 g/mol. The SMILES string of the molecule is CCN(CCNC1CCCC1)CC1CCCO1. The van der Waals surface area contributed by atoms with Crippen molar-refractivity contribution in [2.75, 3.05) is 32.8 Å². The Morgan fingerprint density at radius 3 is 2.65 bits per heavy atom. The van der Waals surface area contributed by atoms with Gasteiger partial charge in [-0.2, -0.15) is 0 Å². The van der Waals surface area contributed by atoms with Gasteiger partial charge >= 0.3 is 0 Å². The van der Waals surface area contributed by atoms with Gasteiger partial charge in [-0.1, -0.05) is 19.8 Å². The van der Waals surface area contributed by atoms with E-state index in [-0.39, 0.29) is 0 Å². The normalized spacial score (nSPS) is 26.1. The topological polar surface area (TPSA) is 24.5 Å². The van der Waals surface area contributed by atoms with E-state index >= 15 is 0 Å². The summed E-state index contributed by atoms with van der Waals surface area (Å²) in [7, 11) is 0. The molecule has 0 aromatic heterocycles. The fourth-order valence-corrected chi connectivity index (χ4v) is 3.01. The first-order valence-corrected chi connectivity index (χ1v) is 7.46. The summed E-state index contributed by atoms with van der Waals surface area (Å²) in [6.07, 6.45) is 8.63. The van der Waals surface area contributed by atoms with Gasteiger partial charge in [0, 0.05) is 32.3 Å². The van der Waals surface area contributed by atoms with Crippen LogP contribution in [0.4, 0.5) is 0 Å². The molecule has 1 saturated heterocycles. The van der Waals surface area contributed by atoms with Crippen molar-refractivity contribution in [3.8, 4) is 0 Å². The molecule has 3 nitrogen and oxygen atoms in total. The van der Waals surface area contributed by atoms with E-state index in [0.717, 1.165) is 32.3 Å². The Bertz CT molecular complexity index is 198. The second-order valence-electron chi connectivity index (χ2n) is 5.46. The fraction of sp³-hybridized carbons (Fsp3) is 1.00. The highest BCUT2D eigenvalue weighted by Gasteiger charge is 2.19. The second kappa shape index (κ2) is 7.34. The second-order valence-corrected chi connectivity index (χ2v) is 5.46. The number of hydrogen-bond donors (Lipinski definition) is 1. The third kappa shape index (κ3) is 4.57. The van der Waals surface area contributed by atoms with Crippen molar-refractivity contribution in [1.29, 1.82) is 0 Å². The predicted molar refractivity (Wildman–Crippen MR) is 71.3 cm³/mol. The largest absolute Gasteiger partial charge is 0.377 e. The van der Waals surface area contributed by atoms with Gasteiger partial charge < -0.3 is 10.1 Å². The van der Waals surface area contributed by atoms with Crippen molar-refractivity contribution < 1.29 is 4.74 Å². The lowest BCUT2D eigenvalue weighted by Crippen LogP contribution is -2.39. The quantitative estimate of drug-likeness (QED) is 0.737. The fourth-order valence-electron chi connectivity index (χ4n) is 3.01. The van der Waals surface area contributed by atoms with Crippen molar-refractivity contribution in [1.82, 2.24) is 10.2 Å². The lowest BCUT2D eigenvalue weighted by molar-refractivity contribution is 0.0749. The lowest BCUT2D eigenvalue weighted by Gasteiger charge is -2.24. The van der Waals surface area contributed by atoms with E-state index < -0.39 is 0 Å². The van der Waals surface area contributed by atoms with Gasteiger partial charge in [0.05, 0.1) is 6.10 Å². The van der Waals surface area contributed by atoms with Crippen LogP contribution in [0.15, 0.2) is 0 Å². The molecule has 1 unspecified atom stereocenters. The van der Waals surface area contributed by atoms with Gasteiger partial charge in [0.15, 0.2) is 0 Å². The third-order valence-electron chi connectivity index (χ3n) is 4.15. The molecule has 1 saturated carbocycles. The molecule has 1 heterocycles. The molecular formula is C14H28N2O. The molecule has 2 rings (SSSR count). The molecule has 17 heavy (non-hydrogen) atoms. The Hall–Kier alpha value is -0.120. The van der Waals surface area contributed by atoms with Crippen molar-refractivity contribution in [2.24, 2.45) is 0 Å². The first kappa shape index (κ1) is 13.3. The van der Waals surface area contributed by atoms with Crippen molar-refractivity contribution >= 4 is 0 Å². The number of hydrogen-bond acceptors (Lipinski definition) is 3. The molecule has 1 aliphatic carbocycles. The van der Waals surface area contributed by atoms with E-state index in [1.807, 2.05) is 0 Å². The minimum Gasteiger partial charge on any atom is -0.377 e. The van der Waals surface area contributed by atoms with Crippen LogP contribution in [0.5, 0.6) is 0 Å². The highest BCUT2D eigenvalue weighted by Crippen LogP contribution is 2.17. The maximum atomic E-state index is 5.70. The molecule has 0 bridgehead atoms. The van der Waals surface area contributed by atoms with Crippen molar-refractivity contribution in [2.45, 2.75) is 57.6 Å². The summed E-state index contributed by atoms with van der Waals surface area (Å²) >= 11 is 0. The maximum Gasteiger partial charge on any atom is 0.0702 e. The first-order chi connectivity index (χ1) is 8.38. The average molecular weight is 240 g/mol. The summed E-state index contributed by atoms with van der Waals surface area (Å²) < 4.78 is 5.70. The minimum absolute atomic E-state index is 0.501. The number of rotatable bonds is 7. The summed E-state index contributed by atoms with van der Waals surface area (Å²) in [6.45, 7) is 7.82. The van der Waals surface area contributed by atoms with E-state index in [4.69, 9.17) is 4.74 Å². The van der Waals surface area contributed by atoms with Gasteiger partial charge in [-0.3, -0.25) is 4.90 Å². The van der Waals surface area contributed by atoms with E-state index in [1.165, 1.54) is 45.1 Å². The summed E-state index contributed by atoms with van der Waals surface area (Å²) in [5.41, 5.74) is 0. The Balaban J connectivity index is 1.57. The first-order valence-electron chi connectivity index (χ1n) is 7.46. The van der Waals surface area contributed by atoms with Gasteiger partial charge in [0.1, 0.15) is 0 Å². The summed E-state index contributed by atoms with van der Waals surface area (Å²) in [5, 5.41) is 3.69. The molecule has 1 atom stereocenters. The zero-order chi connectivity index (χ0) is 11.9. The molecule has 2 aliphatic rings. The van der Waals surface area contributed by atoms with Gasteiger partial charge in [0.25, 0.3) is 0 Å². The number of nitrogens with one attached hydrogen (secondary N) is 1. The Morgan fingerprint density at radius 2 is 2.00 bits per heavy atom. The molecule has 0 radical (unpaired) electrons. The molecule has 0 aromatic carbocycles. The van der Waals surface area contributed by atoms with Crippen LogP contribution in [0, 0.1) is 0 Å². The molecule has 0 amide bonds. The zero-order valence-corrected chi connectivity index (χ0v) is 11.3. The van der Waals surface area contributed by atoms with E-state index in [9.17, 15) is 0 Å². The van der Waals surface area contributed by atoms with E-state index in [0.29, 0.717) is 6.10 Å². The van der Waals surface area contributed by atoms with Crippen LogP contribution in [0.1, 0.15) is 45.4 Å². The average Bonchev–Trinajstić information content (AvgIpc) is 3.00. The molecule has 2 fully saturated rings. The number of nitrogens with zero attached hydrogens (tertiary/aromatic N) is 1. The van der Waals surface area contributed by atoms with E-state index in [2.05, 4.69) is 17.1 Å². The summed E-state index contributed by atoms with van der Waals surface area (Å²) in [5.74, 6) is 0. The van der Waals surface area contributed by atoms with Crippen molar-refractivity contribution in [3.63, 3.8) is 0 Å². The van der Waals surface area contributed by atoms with Crippen LogP contribution >= 0.6 is 0 Å². The van der Waals surface area contributed by atoms with Crippen LogP contribution in [0.3, 0.4) is 0 Å². The molecule has 0 spiro atoms. The molecule has 1 N–H and O–H groups in total. The van der Waals surface area contributed by atoms with Crippen LogP contribution in [0.2, 0.25) is 0 Å². The molecule has 3 heteroatoms. The lowest BCUT2D eigenvalue weighted by atomic mass is 10.2. The monoisotopic (exact) mass is 240 g/mol. The van der Waals surface area contributed by atoms with Gasteiger partial charge in [-0.05, 0) is 32.2 Å². The number of likely N-dealkylation sites (N-methyl/N-ethyl adjacent to an activating group) is 1. The Labute approximate surface area is 106 Å². The van der Waals surface area contributed by atoms with E-state index in [1.54, 1.807) is 0 Å². The molecule has 0 aromatic rings. The highest BCUT2D eigenvalue weighted by molar-refractivity contribution is 4.75. The minimum atomic E-state index is 0.501.